The van der Waals surface area contributed by atoms with Gasteiger partial charge in [0.1, 0.15) is 5.82 Å². The summed E-state index contributed by atoms with van der Waals surface area (Å²) in [6.07, 6.45) is 1.63. The van der Waals surface area contributed by atoms with Gasteiger partial charge < -0.3 is 15.2 Å². The number of carbonyl (C=O) groups is 2. The first-order valence-electron chi connectivity index (χ1n) is 8.70. The number of hydrogen-bond donors (Lipinski definition) is 2. The summed E-state index contributed by atoms with van der Waals surface area (Å²) in [5.41, 5.74) is 0.672. The lowest BCUT2D eigenvalue weighted by molar-refractivity contribution is -0.122. The highest BCUT2D eigenvalue weighted by molar-refractivity contribution is 6.07. The van der Waals surface area contributed by atoms with Crippen LogP contribution in [0.2, 0.25) is 0 Å². The molecular weight excluding hydrogens is 356 g/mol. The van der Waals surface area contributed by atoms with E-state index < -0.39 is 23.0 Å². The summed E-state index contributed by atoms with van der Waals surface area (Å²) in [6.45, 7) is 0. The van der Waals surface area contributed by atoms with E-state index in [-0.39, 0.29) is 23.3 Å². The number of rotatable bonds is 3. The second kappa shape index (κ2) is 6.33. The largest absolute Gasteiger partial charge is 0.487 e. The molecule has 140 valence electrons. The van der Waals surface area contributed by atoms with Crippen LogP contribution in [0, 0.1) is 11.6 Å². The monoisotopic (exact) mass is 373 g/mol. The van der Waals surface area contributed by atoms with Gasteiger partial charge in [0, 0.05) is 11.8 Å². The summed E-state index contributed by atoms with van der Waals surface area (Å²) in [5.74, 6) is -2.63. The van der Waals surface area contributed by atoms with E-state index in [9.17, 15) is 23.5 Å². The van der Waals surface area contributed by atoms with Gasteiger partial charge in [-0.15, -0.1) is 0 Å². The van der Waals surface area contributed by atoms with E-state index in [0.29, 0.717) is 36.9 Å². The predicted molar refractivity (Wildman–Crippen MR) is 93.0 cm³/mol. The molecule has 7 heteroatoms. The van der Waals surface area contributed by atoms with Crippen molar-refractivity contribution in [3.05, 3.63) is 59.2 Å². The maximum Gasteiger partial charge on any atom is 0.335 e. The van der Waals surface area contributed by atoms with Gasteiger partial charge in [-0.1, -0.05) is 0 Å². The number of aromatic carboxylic acids is 1. The first-order chi connectivity index (χ1) is 12.9. The number of halogens is 2. The fraction of sp³-hybridized carbons (Fsp3) is 0.300. The molecule has 1 heterocycles. The number of ether oxygens (including phenoxy) is 1. The van der Waals surface area contributed by atoms with Crippen LogP contribution in [0.3, 0.4) is 0 Å². The van der Waals surface area contributed by atoms with E-state index in [1.54, 1.807) is 12.1 Å². The van der Waals surface area contributed by atoms with Crippen molar-refractivity contribution in [3.8, 4) is 5.75 Å². The summed E-state index contributed by atoms with van der Waals surface area (Å²) in [7, 11) is 0. The zero-order valence-electron chi connectivity index (χ0n) is 14.3. The molecule has 2 aliphatic rings. The van der Waals surface area contributed by atoms with Crippen molar-refractivity contribution in [1.82, 2.24) is 0 Å². The van der Waals surface area contributed by atoms with Crippen molar-refractivity contribution in [2.75, 3.05) is 5.32 Å². The number of carboxylic acids is 1. The molecule has 2 aromatic rings. The number of fused-ring (bicyclic) bond motifs is 2. The van der Waals surface area contributed by atoms with Gasteiger partial charge in [-0.25, -0.2) is 13.6 Å². The highest BCUT2D eigenvalue weighted by Gasteiger charge is 2.49. The minimum atomic E-state index is -1.05. The van der Waals surface area contributed by atoms with Crippen LogP contribution in [0.15, 0.2) is 36.4 Å². The maximum absolute atomic E-state index is 13.8. The lowest BCUT2D eigenvalue weighted by Crippen LogP contribution is -2.41. The predicted octanol–water partition coefficient (Wildman–Crippen LogP) is 3.87. The zero-order valence-corrected chi connectivity index (χ0v) is 14.3. The van der Waals surface area contributed by atoms with Crippen LogP contribution in [0.1, 0.15) is 41.6 Å². The Balaban J connectivity index is 1.54. The lowest BCUT2D eigenvalue weighted by Gasteiger charge is -2.35. The molecule has 0 atom stereocenters. The number of hydrogen-bond acceptors (Lipinski definition) is 3. The Bertz CT molecular complexity index is 936. The van der Waals surface area contributed by atoms with Crippen molar-refractivity contribution in [2.45, 2.75) is 37.2 Å². The normalized spacial score (nSPS) is 23.8. The van der Waals surface area contributed by atoms with Gasteiger partial charge in [0.05, 0.1) is 17.1 Å². The average Bonchev–Trinajstić information content (AvgIpc) is 2.90. The first-order valence-corrected chi connectivity index (χ1v) is 8.70. The minimum Gasteiger partial charge on any atom is -0.487 e. The average molecular weight is 373 g/mol. The molecule has 1 aliphatic heterocycles. The quantitative estimate of drug-likeness (QED) is 0.856. The SMILES string of the molecule is O=C(O)c1ccc2c(c1)[C@]1(CC[C@@H](Oc3ccc(F)cc3F)CC1)C(=O)N2. The second-order valence-corrected chi connectivity index (χ2v) is 6.99. The number of nitrogens with one attached hydrogen (secondary N) is 1. The Kier molecular flexibility index (Phi) is 4.09. The second-order valence-electron chi connectivity index (χ2n) is 6.99. The lowest BCUT2D eigenvalue weighted by atomic mass is 9.69. The fourth-order valence-corrected chi connectivity index (χ4v) is 4.00. The molecule has 0 radical (unpaired) electrons. The van der Waals surface area contributed by atoms with E-state index in [4.69, 9.17) is 4.74 Å². The van der Waals surface area contributed by atoms with Crippen LogP contribution >= 0.6 is 0 Å². The molecule has 1 fully saturated rings. The third-order valence-corrected chi connectivity index (χ3v) is 5.44. The Hall–Kier alpha value is -2.96. The molecule has 0 aromatic heterocycles. The molecule has 5 nitrogen and oxygen atoms in total. The van der Waals surface area contributed by atoms with Crippen LogP contribution in [0.4, 0.5) is 14.5 Å². The van der Waals surface area contributed by atoms with E-state index >= 15 is 0 Å². The van der Waals surface area contributed by atoms with Crippen molar-refractivity contribution in [1.29, 1.82) is 0 Å². The standard InChI is InChI=1S/C20H17F2NO4/c21-12-2-4-17(15(22)10-12)27-13-5-7-20(8-6-13)14-9-11(18(24)25)1-3-16(14)23-19(20)26/h1-4,9-10,13H,5-8H2,(H,23,26)(H,24,25)/t13-,20-. The van der Waals surface area contributed by atoms with Gasteiger partial charge in [-0.2, -0.15) is 0 Å². The first kappa shape index (κ1) is 17.5. The molecule has 2 N–H and O–H groups in total. The molecule has 0 unspecified atom stereocenters. The molecule has 27 heavy (non-hydrogen) atoms. The Morgan fingerprint density at radius 2 is 1.89 bits per heavy atom. The van der Waals surface area contributed by atoms with Crippen LogP contribution in [-0.4, -0.2) is 23.1 Å². The van der Waals surface area contributed by atoms with E-state index in [1.165, 1.54) is 12.1 Å². The zero-order chi connectivity index (χ0) is 19.2. The number of benzene rings is 2. The van der Waals surface area contributed by atoms with Gasteiger partial charge in [0.25, 0.3) is 0 Å². The summed E-state index contributed by atoms with van der Waals surface area (Å²) in [5, 5.41) is 12.1. The summed E-state index contributed by atoms with van der Waals surface area (Å²) in [4.78, 5) is 23.9. The van der Waals surface area contributed by atoms with Crippen molar-refractivity contribution >= 4 is 17.6 Å². The smallest absolute Gasteiger partial charge is 0.335 e. The summed E-state index contributed by atoms with van der Waals surface area (Å²) in [6, 6.07) is 7.79. The molecule has 1 aliphatic carbocycles. The number of anilines is 1. The number of amides is 1. The molecule has 0 saturated heterocycles. The van der Waals surface area contributed by atoms with E-state index in [1.807, 2.05) is 0 Å². The van der Waals surface area contributed by atoms with Crippen LogP contribution in [0.25, 0.3) is 0 Å². The van der Waals surface area contributed by atoms with E-state index in [0.717, 1.165) is 12.1 Å². The minimum absolute atomic E-state index is 0.0122. The Morgan fingerprint density at radius 1 is 1.15 bits per heavy atom. The molecule has 1 amide bonds. The van der Waals surface area contributed by atoms with Crippen molar-refractivity contribution in [3.63, 3.8) is 0 Å². The molecule has 4 rings (SSSR count). The van der Waals surface area contributed by atoms with Crippen molar-refractivity contribution < 1.29 is 28.2 Å². The van der Waals surface area contributed by atoms with Crippen molar-refractivity contribution in [2.24, 2.45) is 0 Å². The Morgan fingerprint density at radius 3 is 2.56 bits per heavy atom. The van der Waals surface area contributed by atoms with Crippen LogP contribution in [-0.2, 0) is 10.2 Å². The number of carboxylic acid groups (broad SMARTS) is 1. The van der Waals surface area contributed by atoms with E-state index in [2.05, 4.69) is 5.32 Å². The molecule has 1 spiro atoms. The summed E-state index contributed by atoms with van der Waals surface area (Å²) < 4.78 is 32.5. The highest BCUT2D eigenvalue weighted by atomic mass is 19.1. The van der Waals surface area contributed by atoms with Gasteiger partial charge >= 0.3 is 5.97 Å². The van der Waals surface area contributed by atoms with Gasteiger partial charge in [0.15, 0.2) is 11.6 Å². The molecular formula is C20H17F2NO4. The van der Waals surface area contributed by atoms with Gasteiger partial charge in [-0.05, 0) is 61.6 Å². The number of carbonyl (C=O) groups excluding carboxylic acids is 1. The third-order valence-electron chi connectivity index (χ3n) is 5.44. The maximum atomic E-state index is 13.8. The molecule has 1 saturated carbocycles. The third kappa shape index (κ3) is 2.93. The topological polar surface area (TPSA) is 75.6 Å². The molecule has 2 aromatic carbocycles. The summed E-state index contributed by atoms with van der Waals surface area (Å²) >= 11 is 0. The molecule has 0 bridgehead atoms. The Labute approximate surface area is 154 Å². The fourth-order valence-electron chi connectivity index (χ4n) is 4.00. The van der Waals surface area contributed by atoms with Crippen LogP contribution < -0.4 is 10.1 Å². The van der Waals surface area contributed by atoms with Crippen LogP contribution in [0.5, 0.6) is 5.75 Å². The van der Waals surface area contributed by atoms with Gasteiger partial charge in [-0.3, -0.25) is 4.79 Å². The highest BCUT2D eigenvalue weighted by Crippen LogP contribution is 2.48. The van der Waals surface area contributed by atoms with Gasteiger partial charge in [0.2, 0.25) is 5.91 Å².